The van der Waals surface area contributed by atoms with Gasteiger partial charge in [0.05, 0.1) is 11.6 Å². The normalized spacial score (nSPS) is 13.0. The first kappa shape index (κ1) is 25.5. The van der Waals surface area contributed by atoms with Crippen molar-refractivity contribution in [2.45, 2.75) is 58.3 Å². The maximum absolute atomic E-state index is 13.8. The number of carbonyl (C=O) groups is 1. The van der Waals surface area contributed by atoms with E-state index in [4.69, 9.17) is 10.00 Å². The molecule has 0 atom stereocenters. The Balaban J connectivity index is 1.50. The van der Waals surface area contributed by atoms with Crippen molar-refractivity contribution < 1.29 is 9.53 Å². The molecule has 0 bridgehead atoms. The second-order valence-corrected chi connectivity index (χ2v) is 12.2. The smallest absolute Gasteiger partial charge is 0.323 e. The number of nitriles is 1. The summed E-state index contributed by atoms with van der Waals surface area (Å²) in [6.07, 6.45) is 0. The topological polar surface area (TPSA) is 50.1 Å². The first-order valence-electron chi connectivity index (χ1n) is 13.1. The molecule has 1 aliphatic rings. The minimum Gasteiger partial charge on any atom is -0.426 e. The Kier molecular flexibility index (Phi) is 6.24. The Morgan fingerprint density at radius 1 is 0.684 bits per heavy atom. The Hall–Kier alpha value is -4.16. The van der Waals surface area contributed by atoms with Crippen molar-refractivity contribution in [1.82, 2.24) is 0 Å². The lowest BCUT2D eigenvalue weighted by molar-refractivity contribution is -0.135. The first-order chi connectivity index (χ1) is 18.0. The summed E-state index contributed by atoms with van der Waals surface area (Å²) in [6.45, 7) is 13.2. The molecule has 3 nitrogen and oxygen atoms in total. The average Bonchev–Trinajstić information content (AvgIpc) is 3.21. The van der Waals surface area contributed by atoms with Crippen molar-refractivity contribution in [2.24, 2.45) is 0 Å². The zero-order valence-electron chi connectivity index (χ0n) is 22.9. The van der Waals surface area contributed by atoms with Crippen molar-refractivity contribution in [3.05, 3.63) is 113 Å². The second-order valence-electron chi connectivity index (χ2n) is 12.2. The summed E-state index contributed by atoms with van der Waals surface area (Å²) >= 11 is 0. The molecule has 3 heteroatoms. The highest BCUT2D eigenvalue weighted by Crippen LogP contribution is 2.48. The van der Waals surface area contributed by atoms with Gasteiger partial charge in [0.15, 0.2) is 0 Å². The summed E-state index contributed by atoms with van der Waals surface area (Å²) in [7, 11) is 0. The summed E-state index contributed by atoms with van der Waals surface area (Å²) in [5.41, 5.74) is 9.19. The number of hydrogen-bond acceptors (Lipinski definition) is 3. The van der Waals surface area contributed by atoms with Gasteiger partial charge in [-0.25, -0.2) is 0 Å². The van der Waals surface area contributed by atoms with Gasteiger partial charge in [0.2, 0.25) is 0 Å². The molecule has 0 spiro atoms. The van der Waals surface area contributed by atoms with E-state index >= 15 is 0 Å². The first-order valence-corrected chi connectivity index (χ1v) is 13.1. The number of esters is 1. The fourth-order valence-electron chi connectivity index (χ4n) is 5.08. The van der Waals surface area contributed by atoms with E-state index in [1.165, 1.54) is 11.1 Å². The zero-order chi connectivity index (χ0) is 27.2. The average molecular weight is 500 g/mol. The van der Waals surface area contributed by atoms with E-state index < -0.39 is 5.92 Å². The highest BCUT2D eigenvalue weighted by atomic mass is 16.5. The fourth-order valence-corrected chi connectivity index (χ4v) is 5.08. The molecule has 0 saturated heterocycles. The molecule has 0 aliphatic heterocycles. The van der Waals surface area contributed by atoms with Gasteiger partial charge in [0.1, 0.15) is 11.7 Å². The molecule has 0 amide bonds. The van der Waals surface area contributed by atoms with Gasteiger partial charge in [-0.3, -0.25) is 4.79 Å². The standard InChI is InChI=1S/C35H33NO2/c1-34(2,3)25-13-17-28-29-18-14-26(35(4,5)6)20-31(29)32(30(28)19-25)33(37)38-27-15-11-24(12-16-27)23-9-7-22(21-36)8-10-23/h7-20,32H,1-6H3. The van der Waals surface area contributed by atoms with Crippen LogP contribution < -0.4 is 4.74 Å². The third-order valence-electron chi connectivity index (χ3n) is 7.40. The van der Waals surface area contributed by atoms with Crippen LogP contribution in [0.3, 0.4) is 0 Å². The third-order valence-corrected chi connectivity index (χ3v) is 7.40. The van der Waals surface area contributed by atoms with E-state index in [-0.39, 0.29) is 16.8 Å². The lowest BCUT2D eigenvalue weighted by Gasteiger charge is -2.22. The molecular weight excluding hydrogens is 466 g/mol. The summed E-state index contributed by atoms with van der Waals surface area (Å²) < 4.78 is 6.01. The summed E-state index contributed by atoms with van der Waals surface area (Å²) in [6, 6.07) is 30.2. The summed E-state index contributed by atoms with van der Waals surface area (Å²) in [5.74, 6) is -0.239. The van der Waals surface area contributed by atoms with E-state index in [0.717, 1.165) is 33.4 Å². The SMILES string of the molecule is CC(C)(C)c1ccc2c(c1)C(C(=O)Oc1ccc(-c3ccc(C#N)cc3)cc1)c1cc(C(C)(C)C)ccc1-2. The minimum absolute atomic E-state index is 0.0316. The number of benzene rings is 4. The van der Waals surface area contributed by atoms with Gasteiger partial charge in [0.25, 0.3) is 0 Å². The molecule has 0 N–H and O–H groups in total. The third kappa shape index (κ3) is 4.75. The van der Waals surface area contributed by atoms with E-state index in [2.05, 4.69) is 84.0 Å². The monoisotopic (exact) mass is 499 g/mol. The Bertz CT molecular complexity index is 1490. The molecule has 0 aromatic heterocycles. The van der Waals surface area contributed by atoms with Crippen LogP contribution >= 0.6 is 0 Å². The molecule has 5 rings (SSSR count). The zero-order valence-corrected chi connectivity index (χ0v) is 22.9. The van der Waals surface area contributed by atoms with Crippen LogP contribution in [0, 0.1) is 11.3 Å². The van der Waals surface area contributed by atoms with Crippen LogP contribution in [-0.2, 0) is 15.6 Å². The van der Waals surface area contributed by atoms with E-state index in [1.54, 1.807) is 12.1 Å². The van der Waals surface area contributed by atoms with Crippen LogP contribution in [0.4, 0.5) is 0 Å². The molecule has 0 heterocycles. The Morgan fingerprint density at radius 2 is 1.13 bits per heavy atom. The summed E-state index contributed by atoms with van der Waals surface area (Å²) in [5, 5.41) is 9.04. The number of fused-ring (bicyclic) bond motifs is 3. The van der Waals surface area contributed by atoms with Gasteiger partial charge in [-0.15, -0.1) is 0 Å². The number of carbonyl (C=O) groups excluding carboxylic acids is 1. The molecule has 4 aromatic carbocycles. The molecular formula is C35H33NO2. The molecule has 0 unspecified atom stereocenters. The molecule has 38 heavy (non-hydrogen) atoms. The van der Waals surface area contributed by atoms with Crippen LogP contribution in [0.25, 0.3) is 22.3 Å². The van der Waals surface area contributed by atoms with Gasteiger partial charge >= 0.3 is 5.97 Å². The van der Waals surface area contributed by atoms with Crippen molar-refractivity contribution in [1.29, 1.82) is 5.26 Å². The van der Waals surface area contributed by atoms with Crippen LogP contribution in [0.15, 0.2) is 84.9 Å². The number of nitrogens with zero attached hydrogens (tertiary/aromatic N) is 1. The summed E-state index contributed by atoms with van der Waals surface area (Å²) in [4.78, 5) is 13.8. The molecule has 0 saturated carbocycles. The molecule has 1 aliphatic carbocycles. The number of ether oxygens (including phenoxy) is 1. The van der Waals surface area contributed by atoms with Crippen LogP contribution in [-0.4, -0.2) is 5.97 Å². The second kappa shape index (κ2) is 9.30. The predicted octanol–water partition coefficient (Wildman–Crippen LogP) is 8.54. The lowest BCUT2D eigenvalue weighted by Crippen LogP contribution is -2.20. The van der Waals surface area contributed by atoms with E-state index in [9.17, 15) is 4.79 Å². The largest absolute Gasteiger partial charge is 0.426 e. The van der Waals surface area contributed by atoms with Gasteiger partial charge in [0, 0.05) is 0 Å². The van der Waals surface area contributed by atoms with Crippen molar-refractivity contribution in [3.8, 4) is 34.1 Å². The highest BCUT2D eigenvalue weighted by Gasteiger charge is 2.37. The maximum atomic E-state index is 13.8. The number of rotatable bonds is 3. The molecule has 190 valence electrons. The molecule has 0 radical (unpaired) electrons. The minimum atomic E-state index is -0.484. The maximum Gasteiger partial charge on any atom is 0.323 e. The molecule has 4 aromatic rings. The molecule has 0 fully saturated rings. The number of hydrogen-bond donors (Lipinski definition) is 0. The van der Waals surface area contributed by atoms with Gasteiger partial charge in [-0.1, -0.05) is 102 Å². The van der Waals surface area contributed by atoms with Crippen LogP contribution in [0.2, 0.25) is 0 Å². The van der Waals surface area contributed by atoms with Crippen LogP contribution in [0.1, 0.15) is 75.3 Å². The lowest BCUT2D eigenvalue weighted by atomic mass is 9.83. The highest BCUT2D eigenvalue weighted by molar-refractivity contribution is 5.95. The van der Waals surface area contributed by atoms with Gasteiger partial charge in [-0.2, -0.15) is 5.26 Å². The Morgan fingerprint density at radius 3 is 1.55 bits per heavy atom. The Labute approximate surface area is 225 Å². The quantitative estimate of drug-likeness (QED) is 0.210. The van der Waals surface area contributed by atoms with Crippen molar-refractivity contribution >= 4 is 5.97 Å². The van der Waals surface area contributed by atoms with Gasteiger partial charge in [-0.05, 0) is 79.6 Å². The van der Waals surface area contributed by atoms with Crippen molar-refractivity contribution in [2.75, 3.05) is 0 Å². The van der Waals surface area contributed by atoms with E-state index in [0.29, 0.717) is 11.3 Å². The fraction of sp³-hybridized carbons (Fsp3) is 0.257. The van der Waals surface area contributed by atoms with E-state index in [1.807, 2.05) is 36.4 Å². The van der Waals surface area contributed by atoms with Crippen molar-refractivity contribution in [3.63, 3.8) is 0 Å². The van der Waals surface area contributed by atoms with Crippen LogP contribution in [0.5, 0.6) is 5.75 Å². The van der Waals surface area contributed by atoms with Gasteiger partial charge < -0.3 is 4.74 Å². The predicted molar refractivity (Wildman–Crippen MR) is 153 cm³/mol.